The number of thioether (sulfide) groups is 1. The van der Waals surface area contributed by atoms with E-state index < -0.39 is 11.1 Å². The Balaban J connectivity index is 0.00000363. The van der Waals surface area contributed by atoms with Crippen LogP contribution in [-0.2, 0) is 9.59 Å². The Labute approximate surface area is 197 Å². The highest BCUT2D eigenvalue weighted by atomic mass is 35.5. The summed E-state index contributed by atoms with van der Waals surface area (Å²) in [5.41, 5.74) is 7.07. The molecule has 0 aliphatic carbocycles. The summed E-state index contributed by atoms with van der Waals surface area (Å²) in [6.07, 6.45) is 4.58. The van der Waals surface area contributed by atoms with Crippen LogP contribution in [0.2, 0.25) is 0 Å². The van der Waals surface area contributed by atoms with E-state index in [-0.39, 0.29) is 24.4 Å². The van der Waals surface area contributed by atoms with Crippen LogP contribution in [0.15, 0.2) is 17.0 Å². The van der Waals surface area contributed by atoms with Crippen molar-refractivity contribution in [1.82, 2.24) is 10.6 Å². The Morgan fingerprint density at radius 3 is 2.62 bits per heavy atom. The minimum absolute atomic E-state index is 0. The van der Waals surface area contributed by atoms with Crippen molar-refractivity contribution in [2.75, 3.05) is 38.8 Å². The van der Waals surface area contributed by atoms with E-state index >= 15 is 0 Å². The Hall–Kier alpha value is -2.43. The van der Waals surface area contributed by atoms with Crippen molar-refractivity contribution in [3.8, 4) is 11.5 Å². The zero-order valence-electron chi connectivity index (χ0n) is 18.1. The first kappa shape index (κ1) is 25.8. The molecule has 2 aliphatic rings. The lowest BCUT2D eigenvalue weighted by Gasteiger charge is -2.23. The number of unbranched alkanes of at least 4 members (excludes halogenated alkanes) is 1. The van der Waals surface area contributed by atoms with E-state index in [0.29, 0.717) is 35.9 Å². The number of rotatable bonds is 9. The highest BCUT2D eigenvalue weighted by Crippen LogP contribution is 2.39. The van der Waals surface area contributed by atoms with Gasteiger partial charge in [-0.05, 0) is 49.7 Å². The number of nitrogens with zero attached hydrogens (tertiary/aromatic N) is 1. The number of halogens is 1. The molecule has 2 heterocycles. The normalized spacial score (nSPS) is 19.0. The lowest BCUT2D eigenvalue weighted by molar-refractivity contribution is -0.121. The molecule has 9 nitrogen and oxygen atoms in total. The zero-order valence-corrected chi connectivity index (χ0v) is 19.8. The second-order valence-corrected chi connectivity index (χ2v) is 8.38. The second kappa shape index (κ2) is 12.0. The van der Waals surface area contributed by atoms with Crippen LogP contribution in [-0.4, -0.2) is 56.9 Å². The number of anilines is 1. The van der Waals surface area contributed by atoms with Gasteiger partial charge in [0.15, 0.2) is 11.5 Å². The molecule has 2 aliphatic heterocycles. The Bertz CT molecular complexity index is 895. The zero-order chi connectivity index (χ0) is 22.4. The number of nitrogens with two attached hydrogens (primary N) is 1. The van der Waals surface area contributed by atoms with E-state index in [1.165, 1.54) is 0 Å². The molecule has 0 saturated carbocycles. The molecular formula is C21H29ClN4O5S. The fourth-order valence-corrected chi connectivity index (χ4v) is 4.34. The first-order valence-corrected chi connectivity index (χ1v) is 11.0. The highest BCUT2D eigenvalue weighted by molar-refractivity contribution is 8.18. The lowest BCUT2D eigenvalue weighted by atomic mass is 10.1. The third kappa shape index (κ3) is 6.30. The molecule has 4 N–H and O–H groups in total. The van der Waals surface area contributed by atoms with Gasteiger partial charge in [-0.3, -0.25) is 19.7 Å². The quantitative estimate of drug-likeness (QED) is 0.360. The SMILES string of the molecule is COc1cc(/C=C2\SC(=O)NC2=O)c(N2CC[C@H](NC(=O)CCCCN)C2)cc1OC.Cl. The Kier molecular flexibility index (Phi) is 9.67. The van der Waals surface area contributed by atoms with E-state index in [9.17, 15) is 14.4 Å². The molecule has 1 aromatic rings. The molecule has 0 aromatic heterocycles. The summed E-state index contributed by atoms with van der Waals surface area (Å²) in [4.78, 5) is 38.2. The van der Waals surface area contributed by atoms with Gasteiger partial charge >= 0.3 is 0 Å². The maximum absolute atomic E-state index is 12.2. The monoisotopic (exact) mass is 484 g/mol. The summed E-state index contributed by atoms with van der Waals surface area (Å²) < 4.78 is 10.9. The second-order valence-electron chi connectivity index (χ2n) is 7.36. The summed E-state index contributed by atoms with van der Waals surface area (Å²) >= 11 is 0.867. The standard InChI is InChI=1S/C21H28N4O5S.ClH/c1-29-16-9-13(10-18-20(27)24-21(28)31-18)15(11-17(16)30-2)25-8-6-14(12-25)23-19(26)5-3-4-7-22;/h9-11,14H,3-8,12,22H2,1-2H3,(H,23,26)(H,24,27,28);1H/b18-10-;/t14-;/m0./s1. The van der Waals surface area contributed by atoms with Gasteiger partial charge in [0.05, 0.1) is 19.1 Å². The van der Waals surface area contributed by atoms with E-state index in [1.54, 1.807) is 26.4 Å². The maximum atomic E-state index is 12.2. The van der Waals surface area contributed by atoms with Gasteiger partial charge in [-0.25, -0.2) is 0 Å². The first-order valence-electron chi connectivity index (χ1n) is 10.2. The van der Waals surface area contributed by atoms with Gasteiger partial charge in [-0.1, -0.05) is 0 Å². The Morgan fingerprint density at radius 2 is 2.00 bits per heavy atom. The van der Waals surface area contributed by atoms with Crippen LogP contribution in [0.4, 0.5) is 10.5 Å². The molecule has 32 heavy (non-hydrogen) atoms. The highest BCUT2D eigenvalue weighted by Gasteiger charge is 2.29. The number of carbonyl (C=O) groups is 3. The van der Waals surface area contributed by atoms with Crippen LogP contribution in [0.3, 0.4) is 0 Å². The van der Waals surface area contributed by atoms with Crippen LogP contribution in [0.5, 0.6) is 11.5 Å². The average Bonchev–Trinajstić information content (AvgIpc) is 3.33. The average molecular weight is 485 g/mol. The van der Waals surface area contributed by atoms with E-state index in [1.807, 2.05) is 6.07 Å². The van der Waals surface area contributed by atoms with Gasteiger partial charge in [-0.15, -0.1) is 12.4 Å². The molecule has 3 rings (SSSR count). The predicted molar refractivity (Wildman–Crippen MR) is 128 cm³/mol. The minimum Gasteiger partial charge on any atom is -0.493 e. The molecule has 176 valence electrons. The van der Waals surface area contributed by atoms with Gasteiger partial charge < -0.3 is 25.4 Å². The number of hydrogen-bond acceptors (Lipinski definition) is 8. The summed E-state index contributed by atoms with van der Waals surface area (Å²) in [5, 5.41) is 4.97. The maximum Gasteiger partial charge on any atom is 0.290 e. The molecule has 0 spiro atoms. The summed E-state index contributed by atoms with van der Waals surface area (Å²) in [5.74, 6) is 0.706. The van der Waals surface area contributed by atoms with E-state index in [0.717, 1.165) is 48.8 Å². The van der Waals surface area contributed by atoms with Gasteiger partial charge in [0, 0.05) is 42.9 Å². The molecule has 0 radical (unpaired) electrons. The first-order chi connectivity index (χ1) is 14.9. The van der Waals surface area contributed by atoms with E-state index in [4.69, 9.17) is 15.2 Å². The third-order valence-electron chi connectivity index (χ3n) is 5.21. The number of imide groups is 1. The molecule has 0 bridgehead atoms. The topological polar surface area (TPSA) is 123 Å². The van der Waals surface area contributed by atoms with Crippen LogP contribution in [0, 0.1) is 0 Å². The smallest absolute Gasteiger partial charge is 0.290 e. The number of methoxy groups -OCH3 is 2. The van der Waals surface area contributed by atoms with Crippen molar-refractivity contribution in [3.05, 3.63) is 22.6 Å². The molecule has 3 amide bonds. The molecule has 0 unspecified atom stereocenters. The summed E-state index contributed by atoms with van der Waals surface area (Å²) in [6.45, 7) is 1.95. The number of carbonyl (C=O) groups excluding carboxylic acids is 3. The van der Waals surface area contributed by atoms with Crippen molar-refractivity contribution in [3.63, 3.8) is 0 Å². The van der Waals surface area contributed by atoms with Crippen LogP contribution < -0.4 is 30.7 Å². The third-order valence-corrected chi connectivity index (χ3v) is 6.02. The molecular weight excluding hydrogens is 456 g/mol. The number of benzene rings is 1. The van der Waals surface area contributed by atoms with Gasteiger partial charge in [0.25, 0.3) is 11.1 Å². The summed E-state index contributed by atoms with van der Waals surface area (Å²) in [6, 6.07) is 3.68. The van der Waals surface area contributed by atoms with Crippen molar-refractivity contribution in [2.24, 2.45) is 5.73 Å². The van der Waals surface area contributed by atoms with Gasteiger partial charge in [0.2, 0.25) is 5.91 Å². The van der Waals surface area contributed by atoms with Crippen molar-refractivity contribution < 1.29 is 23.9 Å². The molecule has 2 fully saturated rings. The summed E-state index contributed by atoms with van der Waals surface area (Å²) in [7, 11) is 3.11. The van der Waals surface area contributed by atoms with Crippen LogP contribution in [0.25, 0.3) is 6.08 Å². The minimum atomic E-state index is -0.417. The number of ether oxygens (including phenoxy) is 2. The van der Waals surface area contributed by atoms with Crippen molar-refractivity contribution in [2.45, 2.75) is 31.7 Å². The van der Waals surface area contributed by atoms with Crippen LogP contribution in [0.1, 0.15) is 31.2 Å². The van der Waals surface area contributed by atoms with Gasteiger partial charge in [0.1, 0.15) is 0 Å². The fraction of sp³-hybridized carbons (Fsp3) is 0.476. The van der Waals surface area contributed by atoms with Crippen molar-refractivity contribution >= 4 is 53.0 Å². The molecule has 1 atom stereocenters. The largest absolute Gasteiger partial charge is 0.493 e. The lowest BCUT2D eigenvalue weighted by Crippen LogP contribution is -2.37. The predicted octanol–water partition coefficient (Wildman–Crippen LogP) is 2.27. The number of hydrogen-bond donors (Lipinski definition) is 3. The van der Waals surface area contributed by atoms with Gasteiger partial charge in [-0.2, -0.15) is 0 Å². The molecule has 11 heteroatoms. The molecule has 1 aromatic carbocycles. The Morgan fingerprint density at radius 1 is 1.28 bits per heavy atom. The van der Waals surface area contributed by atoms with E-state index in [2.05, 4.69) is 15.5 Å². The number of amides is 3. The van der Waals surface area contributed by atoms with Crippen molar-refractivity contribution in [1.29, 1.82) is 0 Å². The molecule has 2 saturated heterocycles. The van der Waals surface area contributed by atoms with Crippen LogP contribution >= 0.6 is 24.2 Å². The fourth-order valence-electron chi connectivity index (χ4n) is 3.66. The number of nitrogens with one attached hydrogen (secondary N) is 2.